The van der Waals surface area contributed by atoms with Gasteiger partial charge in [-0.3, -0.25) is 9.59 Å². The van der Waals surface area contributed by atoms with Crippen LogP contribution in [0.4, 0.5) is 4.39 Å². The Labute approximate surface area is 117 Å². The Bertz CT molecular complexity index is 452. The predicted octanol–water partition coefficient (Wildman–Crippen LogP) is 0.801. The lowest BCUT2D eigenvalue weighted by atomic mass is 10.2. The molecular weight excluding hydrogens is 261 g/mol. The summed E-state index contributed by atoms with van der Waals surface area (Å²) in [6.07, 6.45) is 1.71. The number of hydrogen-bond acceptors (Lipinski definition) is 3. The molecule has 1 aromatic carbocycles. The number of carbonyl (C=O) groups is 2. The molecule has 0 saturated carbocycles. The summed E-state index contributed by atoms with van der Waals surface area (Å²) in [6.45, 7) is 1.41. The molecule has 0 heterocycles. The Kier molecular flexibility index (Phi) is 7.27. The van der Waals surface area contributed by atoms with Crippen LogP contribution in [0.2, 0.25) is 0 Å². The van der Waals surface area contributed by atoms with Gasteiger partial charge in [0.25, 0.3) is 5.91 Å². The highest BCUT2D eigenvalue weighted by Gasteiger charge is 2.05. The molecule has 0 spiro atoms. The molecule has 6 heteroatoms. The molecule has 0 atom stereocenters. The zero-order valence-corrected chi connectivity index (χ0v) is 11.3. The Morgan fingerprint density at radius 2 is 1.90 bits per heavy atom. The molecule has 0 saturated heterocycles. The van der Waals surface area contributed by atoms with Gasteiger partial charge in [-0.1, -0.05) is 6.07 Å². The van der Waals surface area contributed by atoms with E-state index < -0.39 is 5.82 Å². The van der Waals surface area contributed by atoms with Crippen molar-refractivity contribution < 1.29 is 14.0 Å². The summed E-state index contributed by atoms with van der Waals surface area (Å²) in [4.78, 5) is 22.9. The van der Waals surface area contributed by atoms with Crippen molar-refractivity contribution in [3.05, 3.63) is 35.6 Å². The lowest BCUT2D eigenvalue weighted by molar-refractivity contribution is -0.121. The summed E-state index contributed by atoms with van der Waals surface area (Å²) in [6, 6.07) is 5.51. The smallest absolute Gasteiger partial charge is 0.251 e. The molecule has 0 bridgehead atoms. The van der Waals surface area contributed by atoms with E-state index in [4.69, 9.17) is 5.73 Å². The van der Waals surface area contributed by atoms with Gasteiger partial charge in [-0.05, 0) is 37.6 Å². The van der Waals surface area contributed by atoms with E-state index in [0.29, 0.717) is 38.9 Å². The summed E-state index contributed by atoms with van der Waals surface area (Å²) in [5, 5.41) is 5.40. The molecule has 0 aliphatic carbocycles. The fourth-order valence-corrected chi connectivity index (χ4v) is 1.60. The Balaban J connectivity index is 2.15. The van der Waals surface area contributed by atoms with Crippen LogP contribution in [0.25, 0.3) is 0 Å². The molecule has 2 amide bonds. The fraction of sp³-hybridized carbons (Fsp3) is 0.429. The van der Waals surface area contributed by atoms with E-state index in [1.165, 1.54) is 18.2 Å². The number of halogens is 1. The van der Waals surface area contributed by atoms with Gasteiger partial charge in [0.1, 0.15) is 5.82 Å². The SMILES string of the molecule is NCCCC(=O)NCCCNC(=O)c1cccc(F)c1. The highest BCUT2D eigenvalue weighted by molar-refractivity contribution is 5.94. The van der Waals surface area contributed by atoms with Gasteiger partial charge in [0.15, 0.2) is 0 Å². The molecule has 110 valence electrons. The molecule has 0 fully saturated rings. The minimum Gasteiger partial charge on any atom is -0.356 e. The molecule has 0 unspecified atom stereocenters. The summed E-state index contributed by atoms with van der Waals surface area (Å²) < 4.78 is 12.9. The van der Waals surface area contributed by atoms with Crippen LogP contribution < -0.4 is 16.4 Å². The van der Waals surface area contributed by atoms with Gasteiger partial charge in [-0.2, -0.15) is 0 Å². The van der Waals surface area contributed by atoms with Crippen molar-refractivity contribution in [1.82, 2.24) is 10.6 Å². The van der Waals surface area contributed by atoms with Crippen LogP contribution in [0.3, 0.4) is 0 Å². The first-order chi connectivity index (χ1) is 9.63. The Hall–Kier alpha value is -1.95. The summed E-state index contributed by atoms with van der Waals surface area (Å²) >= 11 is 0. The molecule has 4 N–H and O–H groups in total. The molecule has 0 aliphatic heterocycles. The number of nitrogens with two attached hydrogens (primary N) is 1. The zero-order chi connectivity index (χ0) is 14.8. The van der Waals surface area contributed by atoms with Gasteiger partial charge in [0.2, 0.25) is 5.91 Å². The largest absolute Gasteiger partial charge is 0.356 e. The van der Waals surface area contributed by atoms with Crippen LogP contribution in [0.5, 0.6) is 0 Å². The highest BCUT2D eigenvalue weighted by Crippen LogP contribution is 2.02. The van der Waals surface area contributed by atoms with E-state index in [0.717, 1.165) is 0 Å². The molecule has 1 rings (SSSR count). The van der Waals surface area contributed by atoms with Gasteiger partial charge in [-0.15, -0.1) is 0 Å². The number of rotatable bonds is 8. The highest BCUT2D eigenvalue weighted by atomic mass is 19.1. The van der Waals surface area contributed by atoms with Gasteiger partial charge < -0.3 is 16.4 Å². The molecular formula is C14H20FN3O2. The van der Waals surface area contributed by atoms with Crippen molar-refractivity contribution in [1.29, 1.82) is 0 Å². The van der Waals surface area contributed by atoms with Gasteiger partial charge >= 0.3 is 0 Å². The maximum atomic E-state index is 12.9. The third kappa shape index (κ3) is 6.29. The van der Waals surface area contributed by atoms with Crippen LogP contribution in [-0.4, -0.2) is 31.4 Å². The number of amides is 2. The van der Waals surface area contributed by atoms with Crippen LogP contribution in [0, 0.1) is 5.82 Å². The van der Waals surface area contributed by atoms with Crippen LogP contribution >= 0.6 is 0 Å². The maximum absolute atomic E-state index is 12.9. The van der Waals surface area contributed by atoms with Crippen LogP contribution in [0.1, 0.15) is 29.6 Å². The standard InChI is InChI=1S/C14H20FN3O2/c15-12-5-1-4-11(10-12)14(20)18-9-3-8-17-13(19)6-2-7-16/h1,4-5,10H,2-3,6-9,16H2,(H,17,19)(H,18,20). The monoisotopic (exact) mass is 281 g/mol. The lowest BCUT2D eigenvalue weighted by Gasteiger charge is -2.07. The molecule has 0 radical (unpaired) electrons. The maximum Gasteiger partial charge on any atom is 0.251 e. The minimum atomic E-state index is -0.440. The van der Waals surface area contributed by atoms with Gasteiger partial charge in [-0.25, -0.2) is 4.39 Å². The minimum absolute atomic E-state index is 0.0353. The summed E-state index contributed by atoms with van der Waals surface area (Å²) in [5.41, 5.74) is 5.59. The first-order valence-electron chi connectivity index (χ1n) is 6.64. The fourth-order valence-electron chi connectivity index (χ4n) is 1.60. The van der Waals surface area contributed by atoms with E-state index in [2.05, 4.69) is 10.6 Å². The van der Waals surface area contributed by atoms with Crippen molar-refractivity contribution >= 4 is 11.8 Å². The average molecular weight is 281 g/mol. The van der Waals surface area contributed by atoms with Crippen LogP contribution in [-0.2, 0) is 4.79 Å². The Morgan fingerprint density at radius 3 is 2.60 bits per heavy atom. The number of nitrogens with one attached hydrogen (secondary N) is 2. The second-order valence-corrected chi connectivity index (χ2v) is 4.36. The number of hydrogen-bond donors (Lipinski definition) is 3. The Morgan fingerprint density at radius 1 is 1.15 bits per heavy atom. The normalized spacial score (nSPS) is 10.1. The second-order valence-electron chi connectivity index (χ2n) is 4.36. The predicted molar refractivity (Wildman–Crippen MR) is 74.6 cm³/mol. The van der Waals surface area contributed by atoms with E-state index in [1.807, 2.05) is 0 Å². The second kappa shape index (κ2) is 9.03. The third-order valence-corrected chi connectivity index (χ3v) is 2.66. The molecule has 0 aromatic heterocycles. The van der Waals surface area contributed by atoms with Gasteiger partial charge in [0.05, 0.1) is 0 Å². The van der Waals surface area contributed by atoms with Crippen molar-refractivity contribution in [3.63, 3.8) is 0 Å². The lowest BCUT2D eigenvalue weighted by Crippen LogP contribution is -2.30. The molecule has 5 nitrogen and oxygen atoms in total. The van der Waals surface area contributed by atoms with E-state index in [-0.39, 0.29) is 17.4 Å². The first kappa shape index (κ1) is 16.1. The van der Waals surface area contributed by atoms with Crippen LogP contribution in [0.15, 0.2) is 24.3 Å². The number of benzene rings is 1. The first-order valence-corrected chi connectivity index (χ1v) is 6.64. The molecule has 20 heavy (non-hydrogen) atoms. The van der Waals surface area contributed by atoms with Crippen molar-refractivity contribution in [2.24, 2.45) is 5.73 Å². The van der Waals surface area contributed by atoms with E-state index in [9.17, 15) is 14.0 Å². The quantitative estimate of drug-likeness (QED) is 0.616. The zero-order valence-electron chi connectivity index (χ0n) is 11.3. The van der Waals surface area contributed by atoms with Crippen molar-refractivity contribution in [2.45, 2.75) is 19.3 Å². The number of carbonyl (C=O) groups excluding carboxylic acids is 2. The molecule has 0 aliphatic rings. The topological polar surface area (TPSA) is 84.2 Å². The summed E-state index contributed by atoms with van der Waals surface area (Å²) in [7, 11) is 0. The average Bonchev–Trinajstić information content (AvgIpc) is 2.44. The van der Waals surface area contributed by atoms with Crippen molar-refractivity contribution in [2.75, 3.05) is 19.6 Å². The van der Waals surface area contributed by atoms with E-state index in [1.54, 1.807) is 6.07 Å². The van der Waals surface area contributed by atoms with Crippen molar-refractivity contribution in [3.8, 4) is 0 Å². The third-order valence-electron chi connectivity index (χ3n) is 2.66. The summed E-state index contributed by atoms with van der Waals surface area (Å²) in [5.74, 6) is -0.796. The van der Waals surface area contributed by atoms with Gasteiger partial charge in [0, 0.05) is 25.1 Å². The van der Waals surface area contributed by atoms with E-state index >= 15 is 0 Å². The molecule has 1 aromatic rings.